The van der Waals surface area contributed by atoms with E-state index in [0.29, 0.717) is 0 Å². The highest BCUT2D eigenvalue weighted by Gasteiger charge is 2.17. The van der Waals surface area contributed by atoms with Crippen molar-refractivity contribution in [3.8, 4) is 5.75 Å². The summed E-state index contributed by atoms with van der Waals surface area (Å²) in [7, 11) is 1.66. The van der Waals surface area contributed by atoms with Crippen LogP contribution in [0.4, 0.5) is 0 Å². The van der Waals surface area contributed by atoms with Crippen molar-refractivity contribution in [2.75, 3.05) is 7.11 Å². The van der Waals surface area contributed by atoms with E-state index in [-0.39, 0.29) is 4.83 Å². The van der Waals surface area contributed by atoms with E-state index in [0.717, 1.165) is 32.9 Å². The van der Waals surface area contributed by atoms with Crippen LogP contribution in [0.1, 0.15) is 27.5 Å². The number of halogens is 2. The fourth-order valence-corrected chi connectivity index (χ4v) is 3.22. The van der Waals surface area contributed by atoms with E-state index in [1.807, 2.05) is 26.0 Å². The Morgan fingerprint density at radius 1 is 1.22 bits per heavy atom. The predicted molar refractivity (Wildman–Crippen MR) is 79.6 cm³/mol. The summed E-state index contributed by atoms with van der Waals surface area (Å²) in [6, 6.07) is 8.12. The third-order valence-electron chi connectivity index (χ3n) is 2.82. The smallest absolute Gasteiger partial charge is 0.133 e. The van der Waals surface area contributed by atoms with Gasteiger partial charge in [-0.25, -0.2) is 0 Å². The number of aryl methyl sites for hydroxylation is 2. The van der Waals surface area contributed by atoms with Gasteiger partial charge in [-0.05, 0) is 53.5 Å². The predicted octanol–water partition coefficient (Wildman–Crippen LogP) is 5.15. The minimum atomic E-state index is 0.122. The van der Waals surface area contributed by atoms with Crippen molar-refractivity contribution in [1.82, 2.24) is 0 Å². The standard InChI is InChI=1S/C14H14Br2O2/c1-8-6-11(9(2)18-8)14(16)10-4-5-13(17-3)12(15)7-10/h4-7,14H,1-3H3. The lowest BCUT2D eigenvalue weighted by molar-refractivity contribution is 0.412. The quantitative estimate of drug-likeness (QED) is 0.694. The minimum absolute atomic E-state index is 0.122. The summed E-state index contributed by atoms with van der Waals surface area (Å²) in [4.78, 5) is 0.122. The Morgan fingerprint density at radius 3 is 2.44 bits per heavy atom. The lowest BCUT2D eigenvalue weighted by atomic mass is 10.1. The van der Waals surface area contributed by atoms with Gasteiger partial charge in [0.2, 0.25) is 0 Å². The van der Waals surface area contributed by atoms with Gasteiger partial charge >= 0.3 is 0 Å². The Bertz CT molecular complexity index is 561. The molecule has 0 aliphatic carbocycles. The van der Waals surface area contributed by atoms with E-state index < -0.39 is 0 Å². The maximum atomic E-state index is 5.57. The molecule has 0 N–H and O–H groups in total. The van der Waals surface area contributed by atoms with Crippen LogP contribution in [0.2, 0.25) is 0 Å². The molecule has 1 aromatic carbocycles. The van der Waals surface area contributed by atoms with E-state index in [9.17, 15) is 0 Å². The molecule has 0 spiro atoms. The first-order valence-electron chi connectivity index (χ1n) is 5.57. The second-order valence-corrected chi connectivity index (χ2v) is 5.90. The summed E-state index contributed by atoms with van der Waals surface area (Å²) < 4.78 is 11.7. The normalized spacial score (nSPS) is 12.5. The molecular formula is C14H14Br2O2. The van der Waals surface area contributed by atoms with Crippen LogP contribution in [0.3, 0.4) is 0 Å². The number of rotatable bonds is 3. The average Bonchev–Trinajstić information content (AvgIpc) is 2.67. The molecule has 18 heavy (non-hydrogen) atoms. The van der Waals surface area contributed by atoms with Crippen LogP contribution < -0.4 is 4.74 Å². The zero-order chi connectivity index (χ0) is 13.3. The first kappa shape index (κ1) is 13.7. The molecule has 1 aromatic heterocycles. The van der Waals surface area contributed by atoms with E-state index >= 15 is 0 Å². The number of ether oxygens (including phenoxy) is 1. The molecule has 2 aromatic rings. The average molecular weight is 374 g/mol. The lowest BCUT2D eigenvalue weighted by Gasteiger charge is -2.11. The van der Waals surface area contributed by atoms with Crippen molar-refractivity contribution in [3.63, 3.8) is 0 Å². The zero-order valence-corrected chi connectivity index (χ0v) is 13.6. The summed E-state index contributed by atoms with van der Waals surface area (Å²) in [6.07, 6.45) is 0. The van der Waals surface area contributed by atoms with Crippen molar-refractivity contribution in [3.05, 3.63) is 51.4 Å². The lowest BCUT2D eigenvalue weighted by Crippen LogP contribution is -1.94. The van der Waals surface area contributed by atoms with E-state index in [2.05, 4.69) is 44.0 Å². The van der Waals surface area contributed by atoms with Crippen molar-refractivity contribution in [2.24, 2.45) is 0 Å². The molecule has 2 nitrogen and oxygen atoms in total. The summed E-state index contributed by atoms with van der Waals surface area (Å²) in [5.74, 6) is 2.71. The number of benzene rings is 1. The van der Waals surface area contributed by atoms with Gasteiger partial charge in [0.25, 0.3) is 0 Å². The van der Waals surface area contributed by atoms with Gasteiger partial charge in [-0.2, -0.15) is 0 Å². The van der Waals surface area contributed by atoms with E-state index in [1.54, 1.807) is 7.11 Å². The second-order valence-electron chi connectivity index (χ2n) is 4.13. The monoisotopic (exact) mass is 372 g/mol. The van der Waals surface area contributed by atoms with Gasteiger partial charge in [-0.3, -0.25) is 0 Å². The van der Waals surface area contributed by atoms with E-state index in [4.69, 9.17) is 9.15 Å². The van der Waals surface area contributed by atoms with Crippen LogP contribution >= 0.6 is 31.9 Å². The molecule has 0 radical (unpaired) electrons. The van der Waals surface area contributed by atoms with Crippen LogP contribution in [0.15, 0.2) is 33.2 Å². The van der Waals surface area contributed by atoms with Gasteiger partial charge in [0.1, 0.15) is 17.3 Å². The third-order valence-corrected chi connectivity index (χ3v) is 4.46. The number of alkyl halides is 1. The van der Waals surface area contributed by atoms with Crippen molar-refractivity contribution in [2.45, 2.75) is 18.7 Å². The number of methoxy groups -OCH3 is 1. The van der Waals surface area contributed by atoms with Crippen molar-refractivity contribution < 1.29 is 9.15 Å². The van der Waals surface area contributed by atoms with Crippen LogP contribution in [-0.2, 0) is 0 Å². The SMILES string of the molecule is COc1ccc(C(Br)c2cc(C)oc2C)cc1Br. The zero-order valence-electron chi connectivity index (χ0n) is 10.5. The van der Waals surface area contributed by atoms with Gasteiger partial charge in [0, 0.05) is 5.56 Å². The Labute approximate surface area is 124 Å². The fraction of sp³-hybridized carbons (Fsp3) is 0.286. The first-order valence-corrected chi connectivity index (χ1v) is 7.28. The summed E-state index contributed by atoms with van der Waals surface area (Å²) in [6.45, 7) is 3.94. The van der Waals surface area contributed by atoms with Crippen molar-refractivity contribution >= 4 is 31.9 Å². The molecule has 0 aliphatic rings. The van der Waals surface area contributed by atoms with Crippen LogP contribution in [-0.4, -0.2) is 7.11 Å². The topological polar surface area (TPSA) is 22.4 Å². The van der Waals surface area contributed by atoms with Gasteiger partial charge in [0.15, 0.2) is 0 Å². The largest absolute Gasteiger partial charge is 0.496 e. The highest BCUT2D eigenvalue weighted by atomic mass is 79.9. The minimum Gasteiger partial charge on any atom is -0.496 e. The van der Waals surface area contributed by atoms with E-state index in [1.165, 1.54) is 0 Å². The van der Waals surface area contributed by atoms with Gasteiger partial charge in [-0.15, -0.1) is 0 Å². The molecule has 1 heterocycles. The first-order chi connectivity index (χ1) is 8.52. The molecule has 1 atom stereocenters. The van der Waals surface area contributed by atoms with Crippen molar-refractivity contribution in [1.29, 1.82) is 0 Å². The molecule has 0 fully saturated rings. The molecule has 1 unspecified atom stereocenters. The molecule has 96 valence electrons. The molecule has 0 bridgehead atoms. The highest BCUT2D eigenvalue weighted by Crippen LogP contribution is 2.37. The van der Waals surface area contributed by atoms with Crippen LogP contribution in [0.5, 0.6) is 5.75 Å². The molecule has 0 saturated carbocycles. The fourth-order valence-electron chi connectivity index (χ4n) is 1.92. The summed E-state index contributed by atoms with van der Waals surface area (Å²) >= 11 is 7.22. The summed E-state index contributed by atoms with van der Waals surface area (Å²) in [5.41, 5.74) is 2.32. The molecule has 0 amide bonds. The van der Waals surface area contributed by atoms with Gasteiger partial charge < -0.3 is 9.15 Å². The maximum absolute atomic E-state index is 5.57. The Hall–Kier alpha value is -0.740. The molecule has 4 heteroatoms. The Kier molecular flexibility index (Phi) is 4.17. The third kappa shape index (κ3) is 2.64. The van der Waals surface area contributed by atoms with Gasteiger partial charge in [-0.1, -0.05) is 22.0 Å². The highest BCUT2D eigenvalue weighted by molar-refractivity contribution is 9.10. The molecule has 0 saturated heterocycles. The maximum Gasteiger partial charge on any atom is 0.133 e. The molecule has 0 aliphatic heterocycles. The molecular weight excluding hydrogens is 360 g/mol. The summed E-state index contributed by atoms with van der Waals surface area (Å²) in [5, 5.41) is 0. The Morgan fingerprint density at radius 2 is 1.94 bits per heavy atom. The van der Waals surface area contributed by atoms with Crippen LogP contribution in [0.25, 0.3) is 0 Å². The van der Waals surface area contributed by atoms with Gasteiger partial charge in [0.05, 0.1) is 16.4 Å². The number of hydrogen-bond donors (Lipinski definition) is 0. The second kappa shape index (κ2) is 5.49. The Balaban J connectivity index is 2.37. The number of furan rings is 1. The van der Waals surface area contributed by atoms with Crippen LogP contribution in [0, 0.1) is 13.8 Å². The molecule has 2 rings (SSSR count). The number of hydrogen-bond acceptors (Lipinski definition) is 2.